The van der Waals surface area contributed by atoms with Gasteiger partial charge in [-0.2, -0.15) is 0 Å². The fourth-order valence-electron chi connectivity index (χ4n) is 3.49. The predicted molar refractivity (Wildman–Crippen MR) is 110 cm³/mol. The highest BCUT2D eigenvalue weighted by atomic mass is 16.6. The molecule has 1 saturated carbocycles. The molecule has 0 aromatic carbocycles. The molecule has 0 aromatic heterocycles. The van der Waals surface area contributed by atoms with Gasteiger partial charge in [-0.15, -0.1) is 0 Å². The van der Waals surface area contributed by atoms with Gasteiger partial charge in [0.25, 0.3) is 0 Å². The van der Waals surface area contributed by atoms with E-state index in [0.717, 1.165) is 32.1 Å². The minimum Gasteiger partial charge on any atom is -0.446 e. The number of ether oxygens (including phenoxy) is 1. The summed E-state index contributed by atoms with van der Waals surface area (Å²) in [4.78, 5) is 36.1. The van der Waals surface area contributed by atoms with Crippen molar-refractivity contribution in [1.29, 1.82) is 0 Å². The molecule has 1 atom stereocenters. The minimum atomic E-state index is -0.569. The lowest BCUT2D eigenvalue weighted by Gasteiger charge is -2.22. The van der Waals surface area contributed by atoms with Crippen LogP contribution in [0, 0.1) is 0 Å². The number of primary amides is 1. The second-order valence-corrected chi connectivity index (χ2v) is 7.38. The maximum atomic E-state index is 11.9. The van der Waals surface area contributed by atoms with Gasteiger partial charge in [0.05, 0.1) is 0 Å². The van der Waals surface area contributed by atoms with E-state index in [1.165, 1.54) is 30.6 Å². The van der Waals surface area contributed by atoms with E-state index in [0.29, 0.717) is 13.0 Å². The molecule has 2 rings (SSSR count). The van der Waals surface area contributed by atoms with Crippen LogP contribution in [0.5, 0.6) is 0 Å². The van der Waals surface area contributed by atoms with Crippen LogP contribution in [0.3, 0.4) is 0 Å². The van der Waals surface area contributed by atoms with Crippen LogP contribution in [0.1, 0.15) is 78.1 Å². The molecule has 3 amide bonds. The smallest absolute Gasteiger partial charge is 0.407 e. The molecule has 0 spiro atoms. The lowest BCUT2D eigenvalue weighted by molar-refractivity contribution is -0.136. The Morgan fingerprint density at radius 1 is 1.14 bits per heavy atom. The first-order chi connectivity index (χ1) is 13.5. The molecule has 0 radical (unpaired) electrons. The highest BCUT2D eigenvalue weighted by Gasteiger charge is 2.32. The van der Waals surface area contributed by atoms with Crippen LogP contribution in [0.15, 0.2) is 12.2 Å². The van der Waals surface area contributed by atoms with Crippen LogP contribution < -0.4 is 11.1 Å². The molecule has 1 aliphatic carbocycles. The maximum absolute atomic E-state index is 11.9. The number of hydrogen-bond donors (Lipinski definition) is 2. The number of nitrogens with zero attached hydrogens (tertiary/aromatic N) is 1. The summed E-state index contributed by atoms with van der Waals surface area (Å²) in [6.07, 6.45) is 14.4. The number of carbonyl (C=O) groups excluding carboxylic acids is 3. The van der Waals surface area contributed by atoms with Crippen molar-refractivity contribution >= 4 is 17.9 Å². The van der Waals surface area contributed by atoms with Gasteiger partial charge in [0.1, 0.15) is 18.7 Å². The van der Waals surface area contributed by atoms with Gasteiger partial charge in [0, 0.05) is 6.54 Å². The van der Waals surface area contributed by atoms with E-state index in [2.05, 4.69) is 31.3 Å². The number of nitrogens with two attached hydrogens (primary N) is 1. The molecule has 2 aliphatic rings. The zero-order valence-electron chi connectivity index (χ0n) is 17.5. The number of carbonyl (C=O) groups is 3. The fraction of sp³-hybridized carbons (Fsp3) is 0.762. The SMILES string of the molecule is C/C=C\CCCCC.NC(=O)C1CCCN1C(=O)CNC(=O)OC1CCCC1. The highest BCUT2D eigenvalue weighted by Crippen LogP contribution is 2.21. The lowest BCUT2D eigenvalue weighted by atomic mass is 10.2. The molecule has 7 nitrogen and oxygen atoms in total. The number of alkyl carbamates (subject to hydrolysis) is 1. The van der Waals surface area contributed by atoms with Crippen LogP contribution >= 0.6 is 0 Å². The summed E-state index contributed by atoms with van der Waals surface area (Å²) in [5.74, 6) is -0.793. The average Bonchev–Trinajstić information content (AvgIpc) is 3.35. The van der Waals surface area contributed by atoms with Gasteiger partial charge in [-0.3, -0.25) is 9.59 Å². The molecule has 3 N–H and O–H groups in total. The second kappa shape index (κ2) is 14.0. The van der Waals surface area contributed by atoms with Gasteiger partial charge in [0.15, 0.2) is 0 Å². The van der Waals surface area contributed by atoms with E-state index in [9.17, 15) is 14.4 Å². The molecule has 1 saturated heterocycles. The number of likely N-dealkylation sites (tertiary alicyclic amines) is 1. The molecule has 7 heteroatoms. The summed E-state index contributed by atoms with van der Waals surface area (Å²) in [7, 11) is 0. The van der Waals surface area contributed by atoms with Crippen molar-refractivity contribution in [3.8, 4) is 0 Å². The summed E-state index contributed by atoms with van der Waals surface area (Å²) >= 11 is 0. The standard InChI is InChI=1S/C13H21N3O4.C8H16/c14-12(18)10-6-3-7-16(10)11(17)8-15-13(19)20-9-4-1-2-5-9;1-3-5-7-8-6-4-2/h9-10H,1-8H2,(H2,14,18)(H,15,19);3,5H,4,6-8H2,1-2H3/b;5-3-. The molecule has 1 unspecified atom stereocenters. The summed E-state index contributed by atoms with van der Waals surface area (Å²) in [5.41, 5.74) is 5.25. The molecule has 0 bridgehead atoms. The number of hydrogen-bond acceptors (Lipinski definition) is 4. The zero-order chi connectivity index (χ0) is 20.8. The Morgan fingerprint density at radius 2 is 1.86 bits per heavy atom. The Labute approximate surface area is 169 Å². The molecular weight excluding hydrogens is 358 g/mol. The summed E-state index contributed by atoms with van der Waals surface area (Å²) < 4.78 is 5.19. The average molecular weight is 396 g/mol. The first kappa shape index (κ1) is 24.0. The van der Waals surface area contributed by atoms with Crippen LogP contribution in [0.2, 0.25) is 0 Å². The lowest BCUT2D eigenvalue weighted by Crippen LogP contribution is -2.47. The van der Waals surface area contributed by atoms with Crippen molar-refractivity contribution in [2.24, 2.45) is 5.73 Å². The number of rotatable bonds is 8. The second-order valence-electron chi connectivity index (χ2n) is 7.38. The molecule has 160 valence electrons. The van der Waals surface area contributed by atoms with E-state index in [-0.39, 0.29) is 18.6 Å². The van der Waals surface area contributed by atoms with E-state index in [1.54, 1.807) is 0 Å². The molecule has 2 fully saturated rings. The molecular formula is C21H37N3O4. The van der Waals surface area contributed by atoms with E-state index >= 15 is 0 Å². The summed E-state index contributed by atoms with van der Waals surface area (Å²) in [6, 6.07) is -0.546. The van der Waals surface area contributed by atoms with Crippen molar-refractivity contribution in [3.05, 3.63) is 12.2 Å². The Kier molecular flexibility index (Phi) is 12.0. The highest BCUT2D eigenvalue weighted by molar-refractivity contribution is 5.89. The van der Waals surface area contributed by atoms with Gasteiger partial charge in [-0.25, -0.2) is 4.79 Å². The quantitative estimate of drug-likeness (QED) is 0.486. The van der Waals surface area contributed by atoms with Crippen molar-refractivity contribution in [1.82, 2.24) is 10.2 Å². The van der Waals surface area contributed by atoms with E-state index < -0.39 is 18.0 Å². The molecule has 1 aliphatic heterocycles. The van der Waals surface area contributed by atoms with Gasteiger partial charge in [0.2, 0.25) is 11.8 Å². The number of unbranched alkanes of at least 4 members (excludes halogenated alkanes) is 3. The van der Waals surface area contributed by atoms with Crippen LogP contribution in [-0.2, 0) is 14.3 Å². The number of allylic oxidation sites excluding steroid dienone is 2. The van der Waals surface area contributed by atoms with Gasteiger partial charge in [-0.05, 0) is 58.3 Å². The molecule has 1 heterocycles. The summed E-state index contributed by atoms with van der Waals surface area (Å²) in [6.45, 7) is 4.66. The van der Waals surface area contributed by atoms with Gasteiger partial charge >= 0.3 is 6.09 Å². The Balaban J connectivity index is 0.000000416. The third-order valence-corrected chi connectivity index (χ3v) is 5.07. The number of amides is 3. The third-order valence-electron chi connectivity index (χ3n) is 5.07. The van der Waals surface area contributed by atoms with Crippen LogP contribution in [0.4, 0.5) is 4.79 Å². The minimum absolute atomic E-state index is 0.0322. The first-order valence-corrected chi connectivity index (χ1v) is 10.6. The Hall–Kier alpha value is -2.05. The van der Waals surface area contributed by atoms with Crippen LogP contribution in [0.25, 0.3) is 0 Å². The number of nitrogens with one attached hydrogen (secondary N) is 1. The normalized spacial score (nSPS) is 19.4. The van der Waals surface area contributed by atoms with Crippen molar-refractivity contribution in [3.63, 3.8) is 0 Å². The maximum Gasteiger partial charge on any atom is 0.407 e. The van der Waals surface area contributed by atoms with Crippen molar-refractivity contribution in [2.75, 3.05) is 13.1 Å². The van der Waals surface area contributed by atoms with Crippen molar-refractivity contribution in [2.45, 2.75) is 90.2 Å². The topological polar surface area (TPSA) is 102 Å². The third kappa shape index (κ3) is 9.24. The van der Waals surface area contributed by atoms with Crippen molar-refractivity contribution < 1.29 is 19.1 Å². The summed E-state index contributed by atoms with van der Waals surface area (Å²) in [5, 5.41) is 2.44. The monoisotopic (exact) mass is 395 g/mol. The zero-order valence-corrected chi connectivity index (χ0v) is 17.5. The van der Waals surface area contributed by atoms with Crippen LogP contribution in [-0.4, -0.2) is 48.0 Å². The fourth-order valence-corrected chi connectivity index (χ4v) is 3.49. The Bertz CT molecular complexity index is 516. The van der Waals surface area contributed by atoms with E-state index in [4.69, 9.17) is 10.5 Å². The predicted octanol–water partition coefficient (Wildman–Crippen LogP) is 3.27. The van der Waals surface area contributed by atoms with Gasteiger partial charge in [-0.1, -0.05) is 31.9 Å². The van der Waals surface area contributed by atoms with E-state index in [1.807, 2.05) is 0 Å². The first-order valence-electron chi connectivity index (χ1n) is 10.6. The molecule has 28 heavy (non-hydrogen) atoms. The van der Waals surface area contributed by atoms with Gasteiger partial charge < -0.3 is 20.7 Å². The molecule has 0 aromatic rings. The largest absolute Gasteiger partial charge is 0.446 e. The Morgan fingerprint density at radius 3 is 2.46 bits per heavy atom.